The number of hydrogen-bond acceptors (Lipinski definition) is 3. The van der Waals surface area contributed by atoms with Gasteiger partial charge in [0.05, 0.1) is 6.61 Å². The Labute approximate surface area is 173 Å². The first-order chi connectivity index (χ1) is 14.0. The van der Waals surface area contributed by atoms with Gasteiger partial charge in [0.2, 0.25) is 5.91 Å². The van der Waals surface area contributed by atoms with Crippen molar-refractivity contribution >= 4 is 17.5 Å². The quantitative estimate of drug-likeness (QED) is 0.644. The van der Waals surface area contributed by atoms with E-state index >= 15 is 0 Å². The minimum Gasteiger partial charge on any atom is -0.494 e. The van der Waals surface area contributed by atoms with E-state index in [2.05, 4.69) is 24.4 Å². The Hall–Kier alpha value is -2.82. The Balaban J connectivity index is 1.67. The molecule has 1 N–H and O–H groups in total. The summed E-state index contributed by atoms with van der Waals surface area (Å²) < 4.78 is 5.79. The van der Waals surface area contributed by atoms with Crippen LogP contribution in [0.25, 0.3) is 0 Å². The van der Waals surface area contributed by atoms with E-state index in [1.807, 2.05) is 37.3 Å². The van der Waals surface area contributed by atoms with Gasteiger partial charge in [0.1, 0.15) is 11.8 Å². The Morgan fingerprint density at radius 1 is 1.14 bits per heavy atom. The van der Waals surface area contributed by atoms with Crippen LogP contribution >= 0.6 is 0 Å². The molecule has 5 heteroatoms. The van der Waals surface area contributed by atoms with Crippen LogP contribution in [-0.2, 0) is 16.0 Å². The van der Waals surface area contributed by atoms with Crippen molar-refractivity contribution in [3.63, 3.8) is 0 Å². The second-order valence-electron chi connectivity index (χ2n) is 7.64. The third kappa shape index (κ3) is 5.17. The Morgan fingerprint density at radius 3 is 2.59 bits per heavy atom. The number of carbonyl (C=O) groups excluding carboxylic acids is 2. The zero-order valence-electron chi connectivity index (χ0n) is 17.5. The van der Waals surface area contributed by atoms with Crippen LogP contribution in [0, 0.1) is 6.92 Å². The van der Waals surface area contributed by atoms with E-state index in [1.54, 1.807) is 4.90 Å². The van der Waals surface area contributed by atoms with Gasteiger partial charge < -0.3 is 15.0 Å². The molecule has 154 valence electrons. The van der Waals surface area contributed by atoms with Crippen molar-refractivity contribution in [2.45, 2.75) is 52.5 Å². The zero-order chi connectivity index (χ0) is 20.8. The minimum absolute atomic E-state index is 0.0711. The van der Waals surface area contributed by atoms with Crippen molar-refractivity contribution in [1.82, 2.24) is 5.32 Å². The largest absolute Gasteiger partial charge is 0.494 e. The first-order valence-electron chi connectivity index (χ1n) is 10.4. The van der Waals surface area contributed by atoms with E-state index in [9.17, 15) is 9.59 Å². The number of anilines is 1. The molecule has 0 saturated heterocycles. The number of rotatable bonds is 9. The maximum absolute atomic E-state index is 13.0. The Kier molecular flexibility index (Phi) is 6.91. The number of nitrogens with zero attached hydrogens (tertiary/aromatic N) is 1. The second kappa shape index (κ2) is 9.59. The molecule has 1 unspecified atom stereocenters. The van der Waals surface area contributed by atoms with Crippen molar-refractivity contribution in [1.29, 1.82) is 0 Å². The SMILES string of the molecule is CCCCc1ccc2c(c1)C(NC(C)=O)C(=O)N2CCCOc1ccc(C)cc1. The van der Waals surface area contributed by atoms with E-state index < -0.39 is 6.04 Å². The summed E-state index contributed by atoms with van der Waals surface area (Å²) in [7, 11) is 0. The van der Waals surface area contributed by atoms with Gasteiger partial charge in [-0.05, 0) is 49.9 Å². The topological polar surface area (TPSA) is 58.6 Å². The minimum atomic E-state index is -0.595. The van der Waals surface area contributed by atoms with Gasteiger partial charge in [-0.15, -0.1) is 0 Å². The van der Waals surface area contributed by atoms with Gasteiger partial charge in [-0.2, -0.15) is 0 Å². The van der Waals surface area contributed by atoms with Crippen LogP contribution in [0.15, 0.2) is 42.5 Å². The molecule has 5 nitrogen and oxygen atoms in total. The molecule has 1 aliphatic heterocycles. The van der Waals surface area contributed by atoms with E-state index in [-0.39, 0.29) is 11.8 Å². The van der Waals surface area contributed by atoms with E-state index in [1.165, 1.54) is 18.1 Å². The Morgan fingerprint density at radius 2 is 1.90 bits per heavy atom. The third-order valence-electron chi connectivity index (χ3n) is 5.19. The predicted molar refractivity (Wildman–Crippen MR) is 115 cm³/mol. The highest BCUT2D eigenvalue weighted by Gasteiger charge is 2.37. The molecule has 0 bridgehead atoms. The number of unbranched alkanes of at least 4 members (excludes halogenated alkanes) is 1. The molecule has 1 atom stereocenters. The number of hydrogen-bond donors (Lipinski definition) is 1. The number of fused-ring (bicyclic) bond motifs is 1. The smallest absolute Gasteiger partial charge is 0.254 e. The second-order valence-corrected chi connectivity index (χ2v) is 7.64. The molecule has 1 aliphatic rings. The summed E-state index contributed by atoms with van der Waals surface area (Å²) in [5.41, 5.74) is 4.19. The van der Waals surface area contributed by atoms with Gasteiger partial charge in [-0.3, -0.25) is 9.59 Å². The van der Waals surface area contributed by atoms with Crippen molar-refractivity contribution in [2.75, 3.05) is 18.1 Å². The van der Waals surface area contributed by atoms with Crippen LogP contribution in [0.5, 0.6) is 5.75 Å². The van der Waals surface area contributed by atoms with Crippen molar-refractivity contribution < 1.29 is 14.3 Å². The number of amides is 2. The predicted octanol–water partition coefficient (Wildman–Crippen LogP) is 4.33. The highest BCUT2D eigenvalue weighted by Crippen LogP contribution is 2.37. The van der Waals surface area contributed by atoms with Crippen LogP contribution < -0.4 is 15.0 Å². The molecule has 0 radical (unpaired) electrons. The van der Waals surface area contributed by atoms with Crippen LogP contribution in [0.1, 0.15) is 55.8 Å². The van der Waals surface area contributed by atoms with Crippen LogP contribution in [-0.4, -0.2) is 25.0 Å². The summed E-state index contributed by atoms with van der Waals surface area (Å²) in [6.45, 7) is 6.74. The average Bonchev–Trinajstić information content (AvgIpc) is 2.95. The standard InChI is InChI=1S/C24H30N2O3/c1-4-5-7-19-10-13-22-21(16-19)23(25-18(3)27)24(28)26(22)14-6-15-29-20-11-8-17(2)9-12-20/h8-13,16,23H,4-7,14-15H2,1-3H3,(H,25,27). The summed E-state index contributed by atoms with van der Waals surface area (Å²) in [4.78, 5) is 26.4. The maximum atomic E-state index is 13.0. The summed E-state index contributed by atoms with van der Waals surface area (Å²) in [5, 5.41) is 2.82. The molecule has 0 spiro atoms. The monoisotopic (exact) mass is 394 g/mol. The zero-order valence-corrected chi connectivity index (χ0v) is 17.5. The molecule has 2 aromatic carbocycles. The molecule has 2 amide bonds. The molecule has 1 heterocycles. The normalized spacial score (nSPS) is 15.3. The number of benzene rings is 2. The lowest BCUT2D eigenvalue weighted by Gasteiger charge is -2.18. The fraction of sp³-hybridized carbons (Fsp3) is 0.417. The fourth-order valence-corrected chi connectivity index (χ4v) is 3.65. The number of aryl methyl sites for hydroxylation is 2. The molecular weight excluding hydrogens is 364 g/mol. The lowest BCUT2D eigenvalue weighted by atomic mass is 10.0. The number of nitrogens with one attached hydrogen (secondary N) is 1. The molecule has 0 aromatic heterocycles. The van der Waals surface area contributed by atoms with E-state index in [4.69, 9.17) is 4.74 Å². The van der Waals surface area contributed by atoms with Gasteiger partial charge in [0.25, 0.3) is 5.91 Å². The van der Waals surface area contributed by atoms with Gasteiger partial charge in [0.15, 0.2) is 0 Å². The van der Waals surface area contributed by atoms with Crippen LogP contribution in [0.3, 0.4) is 0 Å². The van der Waals surface area contributed by atoms with Crippen molar-refractivity contribution in [2.24, 2.45) is 0 Å². The van der Waals surface area contributed by atoms with E-state index in [0.29, 0.717) is 19.6 Å². The third-order valence-corrected chi connectivity index (χ3v) is 5.19. The Bertz CT molecular complexity index is 861. The molecular formula is C24H30N2O3. The highest BCUT2D eigenvalue weighted by atomic mass is 16.5. The first-order valence-corrected chi connectivity index (χ1v) is 10.4. The lowest BCUT2D eigenvalue weighted by Crippen LogP contribution is -2.37. The maximum Gasteiger partial charge on any atom is 0.254 e. The van der Waals surface area contributed by atoms with Crippen molar-refractivity contribution in [3.8, 4) is 5.75 Å². The number of ether oxygens (including phenoxy) is 1. The van der Waals surface area contributed by atoms with Crippen LogP contribution in [0.4, 0.5) is 5.69 Å². The fourth-order valence-electron chi connectivity index (χ4n) is 3.65. The van der Waals surface area contributed by atoms with Crippen LogP contribution in [0.2, 0.25) is 0 Å². The lowest BCUT2D eigenvalue weighted by molar-refractivity contribution is -0.126. The molecule has 0 fully saturated rings. The van der Waals surface area contributed by atoms with Gasteiger partial charge in [-0.1, -0.05) is 43.2 Å². The number of carbonyl (C=O) groups is 2. The summed E-state index contributed by atoms with van der Waals surface area (Å²) in [6, 6.07) is 13.5. The summed E-state index contributed by atoms with van der Waals surface area (Å²) >= 11 is 0. The van der Waals surface area contributed by atoms with Gasteiger partial charge in [-0.25, -0.2) is 0 Å². The van der Waals surface area contributed by atoms with Gasteiger partial charge in [0, 0.05) is 24.7 Å². The first kappa shape index (κ1) is 20.9. The molecule has 0 saturated carbocycles. The molecule has 0 aliphatic carbocycles. The summed E-state index contributed by atoms with van der Waals surface area (Å²) in [5.74, 6) is 0.566. The molecule has 29 heavy (non-hydrogen) atoms. The summed E-state index contributed by atoms with van der Waals surface area (Å²) in [6.07, 6.45) is 3.93. The highest BCUT2D eigenvalue weighted by molar-refractivity contribution is 6.06. The average molecular weight is 395 g/mol. The molecule has 3 rings (SSSR count). The van der Waals surface area contributed by atoms with E-state index in [0.717, 1.165) is 36.3 Å². The van der Waals surface area contributed by atoms with Gasteiger partial charge >= 0.3 is 0 Å². The van der Waals surface area contributed by atoms with Crippen molar-refractivity contribution in [3.05, 3.63) is 59.2 Å². The molecule has 2 aromatic rings.